The molecular weight excluding hydrogens is 476 g/mol. The second-order valence-electron chi connectivity index (χ2n) is 9.08. The van der Waals surface area contributed by atoms with Crippen molar-refractivity contribution in [3.63, 3.8) is 0 Å². The molecule has 3 N–H and O–H groups in total. The first-order valence-corrected chi connectivity index (χ1v) is 12.9. The average molecular weight is 509 g/mol. The van der Waals surface area contributed by atoms with E-state index in [0.29, 0.717) is 13.2 Å². The van der Waals surface area contributed by atoms with E-state index in [9.17, 15) is 9.59 Å². The van der Waals surface area contributed by atoms with E-state index in [-0.39, 0.29) is 24.3 Å². The van der Waals surface area contributed by atoms with E-state index in [1.165, 1.54) is 0 Å². The molecule has 2 atom stereocenters. The van der Waals surface area contributed by atoms with Crippen LogP contribution in [0.4, 0.5) is 15.3 Å². The van der Waals surface area contributed by atoms with Gasteiger partial charge >= 0.3 is 12.1 Å². The number of urea groups is 1. The highest BCUT2D eigenvalue weighted by Gasteiger charge is 2.27. The lowest BCUT2D eigenvalue weighted by Crippen LogP contribution is -2.42. The van der Waals surface area contributed by atoms with Gasteiger partial charge < -0.3 is 25.4 Å². The molecule has 3 aromatic rings. The molecule has 0 radical (unpaired) electrons. The summed E-state index contributed by atoms with van der Waals surface area (Å²) < 4.78 is 11.1. The van der Waals surface area contributed by atoms with E-state index in [2.05, 4.69) is 20.9 Å². The van der Waals surface area contributed by atoms with Gasteiger partial charge in [0.1, 0.15) is 11.1 Å². The summed E-state index contributed by atoms with van der Waals surface area (Å²) in [5, 5.41) is 9.55. The Morgan fingerprint density at radius 3 is 2.67 bits per heavy atom. The lowest BCUT2D eigenvalue weighted by molar-refractivity contribution is -0.00533. The molecule has 1 aliphatic heterocycles. The van der Waals surface area contributed by atoms with Gasteiger partial charge in [-0.2, -0.15) is 0 Å². The fraction of sp³-hybridized carbons (Fsp3) is 0.370. The number of carbonyl (C=O) groups excluding carboxylic acids is 2. The summed E-state index contributed by atoms with van der Waals surface area (Å²) in [5.41, 5.74) is 3.89. The topological polar surface area (TPSA) is 102 Å². The third-order valence-corrected chi connectivity index (χ3v) is 6.91. The van der Waals surface area contributed by atoms with Crippen molar-refractivity contribution in [2.24, 2.45) is 0 Å². The van der Waals surface area contributed by atoms with Gasteiger partial charge in [0.15, 0.2) is 0 Å². The Kier molecular flexibility index (Phi) is 8.56. The second-order valence-corrected chi connectivity index (χ2v) is 10.1. The number of thiazole rings is 1. The fourth-order valence-corrected chi connectivity index (χ4v) is 5.10. The number of benzene rings is 2. The fourth-order valence-electron chi connectivity index (χ4n) is 4.01. The Balaban J connectivity index is 1.30. The summed E-state index contributed by atoms with van der Waals surface area (Å²) >= 11 is 1.61. The van der Waals surface area contributed by atoms with Crippen LogP contribution in [0.5, 0.6) is 0 Å². The van der Waals surface area contributed by atoms with Gasteiger partial charge in [0, 0.05) is 18.4 Å². The molecule has 9 heteroatoms. The quantitative estimate of drug-likeness (QED) is 0.375. The molecular formula is C27H32N4O4S. The van der Waals surface area contributed by atoms with E-state index >= 15 is 0 Å². The Hall–Kier alpha value is -3.43. The van der Waals surface area contributed by atoms with Crippen molar-refractivity contribution in [3.8, 4) is 10.4 Å². The van der Waals surface area contributed by atoms with Gasteiger partial charge in [0.25, 0.3) is 0 Å². The number of ether oxygens (including phenoxy) is 2. The molecule has 2 aromatic carbocycles. The number of alkyl carbamates (subject to hydrolysis) is 1. The first-order valence-electron chi connectivity index (χ1n) is 12.1. The van der Waals surface area contributed by atoms with Crippen LogP contribution in [-0.2, 0) is 16.0 Å². The van der Waals surface area contributed by atoms with Crippen molar-refractivity contribution in [2.75, 3.05) is 11.9 Å². The number of hydrogen-bond acceptors (Lipinski definition) is 6. The highest BCUT2D eigenvalue weighted by atomic mass is 32.1. The summed E-state index contributed by atoms with van der Waals surface area (Å²) in [6.07, 6.45) is 2.81. The number of hydrogen-bond donors (Lipinski definition) is 3. The van der Waals surface area contributed by atoms with E-state index in [4.69, 9.17) is 9.47 Å². The number of rotatable bonds is 7. The van der Waals surface area contributed by atoms with Crippen LogP contribution in [0.25, 0.3) is 10.4 Å². The number of anilines is 1. The number of amides is 3. The molecule has 2 heterocycles. The molecule has 190 valence electrons. The summed E-state index contributed by atoms with van der Waals surface area (Å²) in [4.78, 5) is 29.8. The SMILES string of the molecule is Cc1cc(NC(=O)NCc2ccccc2)ccc1-c1cnc([C@@H]2CC[C@@H](NC(=O)OC(C)C)CO2)s1. The molecule has 0 saturated carbocycles. The highest BCUT2D eigenvalue weighted by Crippen LogP contribution is 2.36. The van der Waals surface area contributed by atoms with Crippen molar-refractivity contribution in [3.05, 3.63) is 70.9 Å². The molecule has 1 saturated heterocycles. The number of aromatic nitrogens is 1. The van der Waals surface area contributed by atoms with Crippen molar-refractivity contribution >= 4 is 29.1 Å². The molecule has 1 aliphatic rings. The van der Waals surface area contributed by atoms with E-state index < -0.39 is 6.09 Å². The Morgan fingerprint density at radius 1 is 1.17 bits per heavy atom. The van der Waals surface area contributed by atoms with Crippen LogP contribution in [0.2, 0.25) is 0 Å². The van der Waals surface area contributed by atoms with E-state index in [1.807, 2.05) is 75.5 Å². The first-order chi connectivity index (χ1) is 17.4. The molecule has 1 fully saturated rings. The minimum atomic E-state index is -0.407. The predicted octanol–water partition coefficient (Wildman–Crippen LogP) is 5.79. The third-order valence-electron chi connectivity index (χ3n) is 5.79. The lowest BCUT2D eigenvalue weighted by atomic mass is 10.1. The maximum atomic E-state index is 12.3. The smallest absolute Gasteiger partial charge is 0.407 e. The maximum Gasteiger partial charge on any atom is 0.407 e. The van der Waals surface area contributed by atoms with Crippen LogP contribution in [0.15, 0.2) is 54.7 Å². The van der Waals surface area contributed by atoms with Gasteiger partial charge in [0.2, 0.25) is 0 Å². The van der Waals surface area contributed by atoms with Crippen LogP contribution >= 0.6 is 11.3 Å². The van der Waals surface area contributed by atoms with Crippen molar-refractivity contribution < 1.29 is 19.1 Å². The number of aryl methyl sites for hydroxylation is 1. The van der Waals surface area contributed by atoms with E-state index in [1.54, 1.807) is 11.3 Å². The minimum Gasteiger partial charge on any atom is -0.447 e. The van der Waals surface area contributed by atoms with E-state index in [0.717, 1.165) is 45.1 Å². The van der Waals surface area contributed by atoms with Crippen LogP contribution < -0.4 is 16.0 Å². The lowest BCUT2D eigenvalue weighted by Gasteiger charge is -2.28. The van der Waals surface area contributed by atoms with Gasteiger partial charge in [-0.1, -0.05) is 36.4 Å². The first kappa shape index (κ1) is 25.7. The molecule has 0 unspecified atom stereocenters. The number of nitrogens with zero attached hydrogens (tertiary/aromatic N) is 1. The summed E-state index contributed by atoms with van der Waals surface area (Å²) in [6.45, 7) is 6.56. The van der Waals surface area contributed by atoms with Gasteiger partial charge in [-0.3, -0.25) is 0 Å². The zero-order valence-corrected chi connectivity index (χ0v) is 21.6. The number of carbonyl (C=O) groups is 2. The monoisotopic (exact) mass is 508 g/mol. The Labute approximate surface area is 215 Å². The normalized spacial score (nSPS) is 17.4. The molecule has 4 rings (SSSR count). The molecule has 3 amide bonds. The molecule has 1 aromatic heterocycles. The summed E-state index contributed by atoms with van der Waals surface area (Å²) in [7, 11) is 0. The molecule has 0 bridgehead atoms. The molecule has 8 nitrogen and oxygen atoms in total. The van der Waals surface area contributed by atoms with Gasteiger partial charge in [-0.15, -0.1) is 11.3 Å². The standard InChI is InChI=1S/C27H32N4O4S/c1-17(2)35-27(33)31-21-10-12-23(34-16-21)25-28-15-24(36-25)22-11-9-20(13-18(22)3)30-26(32)29-14-19-7-5-4-6-8-19/h4-9,11,13,15,17,21,23H,10,12,14,16H2,1-3H3,(H,31,33)(H2,29,30,32)/t21-,23+/m1/s1. The van der Waals surface area contributed by atoms with Crippen LogP contribution in [0, 0.1) is 6.92 Å². The van der Waals surface area contributed by atoms with Gasteiger partial charge in [-0.05, 0) is 62.4 Å². The van der Waals surface area contributed by atoms with Crippen molar-refractivity contribution in [1.29, 1.82) is 0 Å². The number of nitrogens with one attached hydrogen (secondary N) is 3. The summed E-state index contributed by atoms with van der Waals surface area (Å²) in [6, 6.07) is 15.3. The predicted molar refractivity (Wildman–Crippen MR) is 141 cm³/mol. The largest absolute Gasteiger partial charge is 0.447 e. The van der Waals surface area contributed by atoms with Crippen LogP contribution in [0.3, 0.4) is 0 Å². The zero-order chi connectivity index (χ0) is 25.5. The summed E-state index contributed by atoms with van der Waals surface area (Å²) in [5.74, 6) is 0. The van der Waals surface area contributed by atoms with Gasteiger partial charge in [-0.25, -0.2) is 14.6 Å². The van der Waals surface area contributed by atoms with Gasteiger partial charge in [0.05, 0.1) is 23.6 Å². The van der Waals surface area contributed by atoms with Crippen LogP contribution in [-0.4, -0.2) is 35.9 Å². The second kappa shape index (κ2) is 12.0. The van der Waals surface area contributed by atoms with Crippen LogP contribution in [0.1, 0.15) is 48.9 Å². The molecule has 0 aliphatic carbocycles. The molecule has 36 heavy (non-hydrogen) atoms. The van der Waals surface area contributed by atoms with Crippen molar-refractivity contribution in [1.82, 2.24) is 15.6 Å². The zero-order valence-electron chi connectivity index (χ0n) is 20.7. The average Bonchev–Trinajstić information content (AvgIpc) is 3.33. The maximum absolute atomic E-state index is 12.3. The minimum absolute atomic E-state index is 0.0564. The molecule has 0 spiro atoms. The van der Waals surface area contributed by atoms with Crippen molar-refractivity contribution in [2.45, 2.75) is 58.4 Å². The Morgan fingerprint density at radius 2 is 1.97 bits per heavy atom. The third kappa shape index (κ3) is 7.05. The highest BCUT2D eigenvalue weighted by molar-refractivity contribution is 7.15. The Bertz CT molecular complexity index is 1170.